The molecule has 118 valence electrons. The van der Waals surface area contributed by atoms with Gasteiger partial charge in [0.25, 0.3) is 0 Å². The summed E-state index contributed by atoms with van der Waals surface area (Å²) in [6, 6.07) is 4.22. The molecule has 0 aliphatic carbocycles. The van der Waals surface area contributed by atoms with Crippen LogP contribution in [0.4, 0.5) is 19.4 Å². The number of aryl methyl sites for hydroxylation is 2. The Hall–Kier alpha value is -2.48. The first-order valence-corrected chi connectivity index (χ1v) is 6.55. The van der Waals surface area contributed by atoms with Crippen LogP contribution in [0.1, 0.15) is 17.4 Å². The summed E-state index contributed by atoms with van der Waals surface area (Å²) in [6.45, 7) is 1.64. The highest BCUT2D eigenvalue weighted by molar-refractivity contribution is 5.88. The summed E-state index contributed by atoms with van der Waals surface area (Å²) in [4.78, 5) is 11.7. The number of carbonyl (C=O) groups excluding carboxylic acids is 1. The van der Waals surface area contributed by atoms with Crippen LogP contribution in [-0.4, -0.2) is 27.5 Å². The predicted octanol–water partition coefficient (Wildman–Crippen LogP) is 1.86. The Labute approximate surface area is 125 Å². The van der Waals surface area contributed by atoms with Gasteiger partial charge in [-0.1, -0.05) is 6.07 Å². The maximum atomic E-state index is 13.1. The molecule has 0 saturated carbocycles. The van der Waals surface area contributed by atoms with Crippen LogP contribution in [0.2, 0.25) is 0 Å². The van der Waals surface area contributed by atoms with Crippen molar-refractivity contribution in [2.24, 2.45) is 7.05 Å². The maximum absolute atomic E-state index is 13.1. The number of halogens is 2. The Bertz CT molecular complexity index is 687. The van der Waals surface area contributed by atoms with Crippen molar-refractivity contribution in [2.45, 2.75) is 13.0 Å². The predicted molar refractivity (Wildman–Crippen MR) is 76.3 cm³/mol. The molecule has 3 N–H and O–H groups in total. The van der Waals surface area contributed by atoms with Crippen LogP contribution in [0.25, 0.3) is 0 Å². The Morgan fingerprint density at radius 1 is 1.36 bits per heavy atom. The summed E-state index contributed by atoms with van der Waals surface area (Å²) >= 11 is 0. The lowest BCUT2D eigenvalue weighted by molar-refractivity contribution is 0.174. The van der Waals surface area contributed by atoms with Gasteiger partial charge in [-0.05, 0) is 24.6 Å². The topological polar surface area (TPSA) is 79.2 Å². The van der Waals surface area contributed by atoms with Crippen molar-refractivity contribution >= 4 is 11.8 Å². The third-order valence-corrected chi connectivity index (χ3v) is 3.03. The summed E-state index contributed by atoms with van der Waals surface area (Å²) in [5.41, 5.74) is 0.926. The SMILES string of the molecule is Cc1cc(NC(=O)NC[C@@H](O)c2ccc(F)c(F)c2)n(C)n1. The lowest BCUT2D eigenvalue weighted by Gasteiger charge is -2.13. The van der Waals surface area contributed by atoms with Crippen molar-refractivity contribution in [3.63, 3.8) is 0 Å². The molecule has 0 bridgehead atoms. The van der Waals surface area contributed by atoms with E-state index in [-0.39, 0.29) is 12.1 Å². The van der Waals surface area contributed by atoms with Crippen LogP contribution in [0.3, 0.4) is 0 Å². The van der Waals surface area contributed by atoms with Crippen molar-refractivity contribution in [3.8, 4) is 0 Å². The number of amides is 2. The minimum absolute atomic E-state index is 0.145. The van der Waals surface area contributed by atoms with E-state index in [2.05, 4.69) is 15.7 Å². The average Bonchev–Trinajstić information content (AvgIpc) is 2.77. The fourth-order valence-corrected chi connectivity index (χ4v) is 1.91. The van der Waals surface area contributed by atoms with E-state index in [4.69, 9.17) is 0 Å². The number of nitrogens with zero attached hydrogens (tertiary/aromatic N) is 2. The van der Waals surface area contributed by atoms with Gasteiger partial charge in [0.05, 0.1) is 11.8 Å². The third kappa shape index (κ3) is 3.79. The number of aromatic nitrogens is 2. The van der Waals surface area contributed by atoms with E-state index in [1.165, 1.54) is 10.7 Å². The largest absolute Gasteiger partial charge is 0.387 e. The van der Waals surface area contributed by atoms with Gasteiger partial charge in [-0.2, -0.15) is 5.10 Å². The molecule has 0 aliphatic heterocycles. The molecule has 6 nitrogen and oxygen atoms in total. The van der Waals surface area contributed by atoms with Crippen molar-refractivity contribution < 1.29 is 18.7 Å². The number of hydrogen-bond acceptors (Lipinski definition) is 3. The van der Waals surface area contributed by atoms with Gasteiger partial charge in [0, 0.05) is 19.7 Å². The highest BCUT2D eigenvalue weighted by Gasteiger charge is 2.13. The Balaban J connectivity index is 1.90. The normalized spacial score (nSPS) is 12.0. The van der Waals surface area contributed by atoms with E-state index >= 15 is 0 Å². The Kier molecular flexibility index (Phi) is 4.71. The number of hydrogen-bond donors (Lipinski definition) is 3. The van der Waals surface area contributed by atoms with Gasteiger partial charge in [-0.25, -0.2) is 13.6 Å². The van der Waals surface area contributed by atoms with Crippen molar-refractivity contribution in [1.29, 1.82) is 0 Å². The van der Waals surface area contributed by atoms with E-state index in [9.17, 15) is 18.7 Å². The number of urea groups is 1. The summed E-state index contributed by atoms with van der Waals surface area (Å²) in [5.74, 6) is -1.54. The average molecular weight is 310 g/mol. The molecular formula is C14H16F2N4O2. The van der Waals surface area contributed by atoms with Crippen LogP contribution in [0.15, 0.2) is 24.3 Å². The Morgan fingerprint density at radius 2 is 2.09 bits per heavy atom. The second-order valence-corrected chi connectivity index (χ2v) is 4.82. The zero-order valence-electron chi connectivity index (χ0n) is 12.1. The van der Waals surface area contributed by atoms with E-state index in [1.54, 1.807) is 20.0 Å². The zero-order valence-corrected chi connectivity index (χ0v) is 12.1. The summed E-state index contributed by atoms with van der Waals surface area (Å²) in [6.07, 6.45) is -1.14. The smallest absolute Gasteiger partial charge is 0.320 e. The summed E-state index contributed by atoms with van der Waals surface area (Å²) in [5, 5.41) is 18.9. The number of carbonyl (C=O) groups is 1. The number of aliphatic hydroxyl groups is 1. The first-order chi connectivity index (χ1) is 10.4. The minimum atomic E-state index is -1.14. The van der Waals surface area contributed by atoms with Gasteiger partial charge >= 0.3 is 6.03 Å². The van der Waals surface area contributed by atoms with Crippen LogP contribution < -0.4 is 10.6 Å². The molecule has 2 aromatic rings. The molecule has 0 saturated heterocycles. The number of aliphatic hydroxyl groups excluding tert-OH is 1. The molecule has 2 rings (SSSR count). The van der Waals surface area contributed by atoms with Gasteiger partial charge in [0.15, 0.2) is 11.6 Å². The standard InChI is InChI=1S/C14H16F2N4O2/c1-8-5-13(20(2)19-8)18-14(22)17-7-12(21)9-3-4-10(15)11(16)6-9/h3-6,12,21H,7H2,1-2H3,(H2,17,18,22)/t12-/m1/s1. The third-order valence-electron chi connectivity index (χ3n) is 3.03. The van der Waals surface area contributed by atoms with Gasteiger partial charge in [0.1, 0.15) is 5.82 Å². The molecule has 0 radical (unpaired) electrons. The van der Waals surface area contributed by atoms with Gasteiger partial charge in [-0.3, -0.25) is 10.00 Å². The molecule has 22 heavy (non-hydrogen) atoms. The van der Waals surface area contributed by atoms with Crippen molar-refractivity contribution in [1.82, 2.24) is 15.1 Å². The molecule has 8 heteroatoms. The number of rotatable bonds is 4. The van der Waals surface area contributed by atoms with E-state index in [0.29, 0.717) is 5.82 Å². The zero-order chi connectivity index (χ0) is 16.3. The number of benzene rings is 1. The highest BCUT2D eigenvalue weighted by Crippen LogP contribution is 2.15. The van der Waals surface area contributed by atoms with Crippen LogP contribution in [-0.2, 0) is 7.05 Å². The van der Waals surface area contributed by atoms with Crippen molar-refractivity contribution in [3.05, 3.63) is 47.2 Å². The van der Waals surface area contributed by atoms with E-state index in [1.807, 2.05) is 0 Å². The molecule has 1 aromatic carbocycles. The number of nitrogens with one attached hydrogen (secondary N) is 2. The molecule has 1 atom stereocenters. The van der Waals surface area contributed by atoms with E-state index < -0.39 is 23.8 Å². The summed E-state index contributed by atoms with van der Waals surface area (Å²) in [7, 11) is 1.68. The van der Waals surface area contributed by atoms with Gasteiger partial charge in [-0.15, -0.1) is 0 Å². The molecule has 2 amide bonds. The van der Waals surface area contributed by atoms with Crippen molar-refractivity contribution in [2.75, 3.05) is 11.9 Å². The second kappa shape index (κ2) is 6.52. The number of anilines is 1. The fourth-order valence-electron chi connectivity index (χ4n) is 1.91. The highest BCUT2D eigenvalue weighted by atomic mass is 19.2. The minimum Gasteiger partial charge on any atom is -0.387 e. The first-order valence-electron chi connectivity index (χ1n) is 6.55. The molecule has 0 spiro atoms. The lowest BCUT2D eigenvalue weighted by atomic mass is 10.1. The van der Waals surface area contributed by atoms with Gasteiger partial charge < -0.3 is 10.4 Å². The van der Waals surface area contributed by atoms with Crippen LogP contribution >= 0.6 is 0 Å². The molecule has 0 aliphatic rings. The fraction of sp³-hybridized carbons (Fsp3) is 0.286. The molecular weight excluding hydrogens is 294 g/mol. The first kappa shape index (κ1) is 15.9. The molecule has 0 fully saturated rings. The van der Waals surface area contributed by atoms with Crippen LogP contribution in [0, 0.1) is 18.6 Å². The monoisotopic (exact) mass is 310 g/mol. The molecule has 1 heterocycles. The molecule has 0 unspecified atom stereocenters. The lowest BCUT2D eigenvalue weighted by Crippen LogP contribution is -2.33. The Morgan fingerprint density at radius 3 is 2.68 bits per heavy atom. The quantitative estimate of drug-likeness (QED) is 0.806. The second-order valence-electron chi connectivity index (χ2n) is 4.82. The molecule has 1 aromatic heterocycles. The van der Waals surface area contributed by atoms with E-state index in [0.717, 1.165) is 17.8 Å². The summed E-state index contributed by atoms with van der Waals surface area (Å²) < 4.78 is 27.4. The van der Waals surface area contributed by atoms with Crippen LogP contribution in [0.5, 0.6) is 0 Å². The maximum Gasteiger partial charge on any atom is 0.320 e. The van der Waals surface area contributed by atoms with Gasteiger partial charge in [0.2, 0.25) is 0 Å².